The smallest absolute Gasteiger partial charge is 0.109 e. The molecular weight excluding hydrogens is 234 g/mol. The number of likely N-dealkylation sites (N-methyl/N-ethyl adjacent to an activating group) is 1. The highest BCUT2D eigenvalue weighted by molar-refractivity contribution is 5.21. The first-order valence-electron chi connectivity index (χ1n) is 7.41. The van der Waals surface area contributed by atoms with Crippen LogP contribution in [0.4, 0.5) is 0 Å². The molecule has 2 heteroatoms. The number of nitrogens with one attached hydrogen (secondary N) is 1. The Hall–Kier alpha value is -1.28. The van der Waals surface area contributed by atoms with Crippen LogP contribution < -0.4 is 5.32 Å². The number of ether oxygens (including phenoxy) is 1. The van der Waals surface area contributed by atoms with Crippen LogP contribution in [0.1, 0.15) is 37.3 Å². The molecule has 19 heavy (non-hydrogen) atoms. The number of allylic oxidation sites excluding steroid dienone is 1. The molecule has 0 amide bonds. The number of aryl methyl sites for hydroxylation is 2. The Morgan fingerprint density at radius 1 is 1.26 bits per heavy atom. The highest BCUT2D eigenvalue weighted by Gasteiger charge is 2.16. The second kappa shape index (κ2) is 7.34. The monoisotopic (exact) mass is 259 g/mol. The summed E-state index contributed by atoms with van der Waals surface area (Å²) in [6.45, 7) is 6.14. The molecule has 0 spiro atoms. The zero-order valence-corrected chi connectivity index (χ0v) is 12.1. The van der Waals surface area contributed by atoms with Gasteiger partial charge in [0.2, 0.25) is 0 Å². The van der Waals surface area contributed by atoms with Crippen molar-refractivity contribution < 1.29 is 4.74 Å². The second-order valence-electron chi connectivity index (χ2n) is 5.23. The summed E-state index contributed by atoms with van der Waals surface area (Å²) in [6.07, 6.45) is 6.76. The van der Waals surface area contributed by atoms with E-state index in [9.17, 15) is 0 Å². The van der Waals surface area contributed by atoms with Crippen molar-refractivity contribution in [1.29, 1.82) is 0 Å². The van der Waals surface area contributed by atoms with Crippen molar-refractivity contribution in [1.82, 2.24) is 5.32 Å². The van der Waals surface area contributed by atoms with Gasteiger partial charge in [0.1, 0.15) is 5.76 Å². The molecule has 0 radical (unpaired) electrons. The van der Waals surface area contributed by atoms with Gasteiger partial charge in [-0.2, -0.15) is 0 Å². The lowest BCUT2D eigenvalue weighted by Crippen LogP contribution is -2.33. The zero-order chi connectivity index (χ0) is 13.5. The Morgan fingerprint density at radius 3 is 2.68 bits per heavy atom. The Kier molecular flexibility index (Phi) is 5.46. The van der Waals surface area contributed by atoms with Crippen LogP contribution >= 0.6 is 0 Å². The lowest BCUT2D eigenvalue weighted by atomic mass is 10.0. The molecule has 1 N–H and O–H groups in total. The van der Waals surface area contributed by atoms with E-state index in [0.717, 1.165) is 44.6 Å². The molecule has 2 rings (SSSR count). The largest absolute Gasteiger partial charge is 0.497 e. The van der Waals surface area contributed by atoms with Gasteiger partial charge in [-0.15, -0.1) is 0 Å². The summed E-state index contributed by atoms with van der Waals surface area (Å²) < 4.78 is 5.80. The standard InChI is InChI=1S/C17H25NO/c1-3-18-16(17-6-4-5-13-19-17)12-11-15-9-7-14(2)8-10-15/h6-10,16,18H,3-5,11-13H2,1-2H3. The molecule has 1 aromatic rings. The lowest BCUT2D eigenvalue weighted by molar-refractivity contribution is 0.165. The molecule has 0 saturated carbocycles. The van der Waals surface area contributed by atoms with E-state index in [1.807, 2.05) is 0 Å². The lowest BCUT2D eigenvalue weighted by Gasteiger charge is -2.24. The highest BCUT2D eigenvalue weighted by atomic mass is 16.5. The molecular formula is C17H25NO. The number of rotatable bonds is 6. The van der Waals surface area contributed by atoms with Crippen LogP contribution in [0, 0.1) is 6.92 Å². The van der Waals surface area contributed by atoms with E-state index in [1.165, 1.54) is 11.1 Å². The maximum atomic E-state index is 5.80. The van der Waals surface area contributed by atoms with E-state index >= 15 is 0 Å². The van der Waals surface area contributed by atoms with Crippen LogP contribution in [0.15, 0.2) is 36.1 Å². The van der Waals surface area contributed by atoms with Gasteiger partial charge >= 0.3 is 0 Å². The summed E-state index contributed by atoms with van der Waals surface area (Å²) >= 11 is 0. The predicted octanol–water partition coefficient (Wildman–Crippen LogP) is 3.60. The fourth-order valence-corrected chi connectivity index (χ4v) is 2.48. The van der Waals surface area contributed by atoms with Crippen molar-refractivity contribution in [2.45, 2.75) is 45.6 Å². The molecule has 1 heterocycles. The fraction of sp³-hybridized carbons (Fsp3) is 0.529. The van der Waals surface area contributed by atoms with Crippen molar-refractivity contribution in [3.63, 3.8) is 0 Å². The maximum Gasteiger partial charge on any atom is 0.109 e. The summed E-state index contributed by atoms with van der Waals surface area (Å²) in [7, 11) is 0. The van der Waals surface area contributed by atoms with Gasteiger partial charge in [0.15, 0.2) is 0 Å². The van der Waals surface area contributed by atoms with E-state index in [0.29, 0.717) is 6.04 Å². The summed E-state index contributed by atoms with van der Waals surface area (Å²) in [5.74, 6) is 1.15. The van der Waals surface area contributed by atoms with Crippen LogP contribution in [0.25, 0.3) is 0 Å². The van der Waals surface area contributed by atoms with Gasteiger partial charge in [-0.1, -0.05) is 36.8 Å². The van der Waals surface area contributed by atoms with E-state index in [4.69, 9.17) is 4.74 Å². The Labute approximate surface area is 116 Å². The van der Waals surface area contributed by atoms with Gasteiger partial charge < -0.3 is 10.1 Å². The topological polar surface area (TPSA) is 21.3 Å². The van der Waals surface area contributed by atoms with E-state index in [-0.39, 0.29) is 0 Å². The third kappa shape index (κ3) is 4.39. The minimum absolute atomic E-state index is 0.367. The minimum atomic E-state index is 0.367. The maximum absolute atomic E-state index is 5.80. The zero-order valence-electron chi connectivity index (χ0n) is 12.1. The first-order valence-corrected chi connectivity index (χ1v) is 7.41. The molecule has 0 aliphatic carbocycles. The van der Waals surface area contributed by atoms with Crippen LogP contribution in [-0.4, -0.2) is 19.2 Å². The molecule has 0 bridgehead atoms. The quantitative estimate of drug-likeness (QED) is 0.843. The van der Waals surface area contributed by atoms with Crippen LogP contribution in [0.5, 0.6) is 0 Å². The van der Waals surface area contributed by atoms with Crippen molar-refractivity contribution in [2.75, 3.05) is 13.2 Å². The highest BCUT2D eigenvalue weighted by Crippen LogP contribution is 2.18. The Morgan fingerprint density at radius 2 is 2.05 bits per heavy atom. The molecule has 0 aromatic heterocycles. The van der Waals surface area contributed by atoms with Gasteiger partial charge in [0.05, 0.1) is 12.6 Å². The number of benzene rings is 1. The van der Waals surface area contributed by atoms with Crippen molar-refractivity contribution in [3.8, 4) is 0 Å². The van der Waals surface area contributed by atoms with E-state index < -0.39 is 0 Å². The van der Waals surface area contributed by atoms with Gasteiger partial charge in [0, 0.05) is 0 Å². The molecule has 2 nitrogen and oxygen atoms in total. The molecule has 1 atom stereocenters. The number of hydrogen-bond acceptors (Lipinski definition) is 2. The summed E-state index contributed by atoms with van der Waals surface area (Å²) in [5.41, 5.74) is 2.73. The summed E-state index contributed by atoms with van der Waals surface area (Å²) in [6, 6.07) is 9.21. The fourth-order valence-electron chi connectivity index (χ4n) is 2.48. The molecule has 0 saturated heterocycles. The molecule has 0 fully saturated rings. The first-order chi connectivity index (χ1) is 9.29. The Bertz CT molecular complexity index is 408. The first kappa shape index (κ1) is 14.1. The van der Waals surface area contributed by atoms with E-state index in [2.05, 4.69) is 49.5 Å². The average Bonchev–Trinajstić information content (AvgIpc) is 2.46. The molecule has 1 aliphatic heterocycles. The average molecular weight is 259 g/mol. The van der Waals surface area contributed by atoms with Crippen LogP contribution in [-0.2, 0) is 11.2 Å². The second-order valence-corrected chi connectivity index (χ2v) is 5.23. The molecule has 1 aromatic carbocycles. The van der Waals surface area contributed by atoms with Gasteiger partial charge in [0.25, 0.3) is 0 Å². The van der Waals surface area contributed by atoms with Crippen molar-refractivity contribution >= 4 is 0 Å². The third-order valence-electron chi connectivity index (χ3n) is 3.60. The van der Waals surface area contributed by atoms with E-state index in [1.54, 1.807) is 0 Å². The SMILES string of the molecule is CCNC(CCc1ccc(C)cc1)C1=CCCCO1. The van der Waals surface area contributed by atoms with Gasteiger partial charge in [-0.3, -0.25) is 0 Å². The predicted molar refractivity (Wildman–Crippen MR) is 80.2 cm³/mol. The number of hydrogen-bond donors (Lipinski definition) is 1. The minimum Gasteiger partial charge on any atom is -0.497 e. The molecule has 1 aliphatic rings. The van der Waals surface area contributed by atoms with Crippen molar-refractivity contribution in [2.24, 2.45) is 0 Å². The third-order valence-corrected chi connectivity index (χ3v) is 3.60. The molecule has 1 unspecified atom stereocenters. The summed E-state index contributed by atoms with van der Waals surface area (Å²) in [5, 5.41) is 3.54. The molecule has 104 valence electrons. The van der Waals surface area contributed by atoms with Gasteiger partial charge in [-0.25, -0.2) is 0 Å². The van der Waals surface area contributed by atoms with Crippen molar-refractivity contribution in [3.05, 3.63) is 47.2 Å². The van der Waals surface area contributed by atoms with Gasteiger partial charge in [-0.05, 0) is 50.8 Å². The summed E-state index contributed by atoms with van der Waals surface area (Å²) in [4.78, 5) is 0. The normalized spacial score (nSPS) is 16.6. The Balaban J connectivity index is 1.92. The van der Waals surface area contributed by atoms with Crippen LogP contribution in [0.3, 0.4) is 0 Å². The van der Waals surface area contributed by atoms with Crippen LogP contribution in [0.2, 0.25) is 0 Å².